The molecule has 0 atom stereocenters. The van der Waals surface area contributed by atoms with E-state index in [-0.39, 0.29) is 5.41 Å². The smallest absolute Gasteiger partial charge is 0.193 e. The molecule has 0 aliphatic heterocycles. The van der Waals surface area contributed by atoms with Crippen LogP contribution >= 0.6 is 0 Å². The maximum atomic E-state index is 5.97. The van der Waals surface area contributed by atoms with Crippen LogP contribution in [-0.4, -0.2) is 21.1 Å². The Balaban J connectivity index is 1.63. The van der Waals surface area contributed by atoms with Crippen LogP contribution in [0.4, 0.5) is 5.69 Å². The number of benzene rings is 1. The first-order valence-electron chi connectivity index (χ1n) is 8.02. The van der Waals surface area contributed by atoms with Gasteiger partial charge in [0.1, 0.15) is 12.4 Å². The van der Waals surface area contributed by atoms with Gasteiger partial charge in [-0.25, -0.2) is 9.98 Å². The van der Waals surface area contributed by atoms with Gasteiger partial charge in [-0.05, 0) is 42.5 Å². The third-order valence-corrected chi connectivity index (χ3v) is 3.97. The number of H-pyrrole nitrogens is 1. The third kappa shape index (κ3) is 3.70. The highest BCUT2D eigenvalue weighted by Crippen LogP contribution is 2.24. The summed E-state index contributed by atoms with van der Waals surface area (Å²) in [4.78, 5) is 8.78. The molecule has 0 fully saturated rings. The summed E-state index contributed by atoms with van der Waals surface area (Å²) in [6, 6.07) is 6.39. The second-order valence-electron chi connectivity index (χ2n) is 7.02. The molecule has 6 nitrogen and oxygen atoms in total. The summed E-state index contributed by atoms with van der Waals surface area (Å²) in [7, 11) is 0. The van der Waals surface area contributed by atoms with Crippen molar-refractivity contribution >= 4 is 11.6 Å². The molecule has 0 bridgehead atoms. The van der Waals surface area contributed by atoms with Crippen LogP contribution in [0.15, 0.2) is 23.2 Å². The van der Waals surface area contributed by atoms with E-state index in [0.717, 1.165) is 17.9 Å². The maximum absolute atomic E-state index is 5.97. The van der Waals surface area contributed by atoms with E-state index in [0.29, 0.717) is 18.3 Å². The zero-order chi connectivity index (χ0) is 16.4. The molecule has 1 heterocycles. The summed E-state index contributed by atoms with van der Waals surface area (Å²) in [5.41, 5.74) is 9.73. The summed E-state index contributed by atoms with van der Waals surface area (Å²) in [6.45, 7) is 6.61. The molecule has 1 aliphatic carbocycles. The number of aromatic nitrogens is 3. The molecule has 1 aromatic heterocycles. The van der Waals surface area contributed by atoms with E-state index < -0.39 is 0 Å². The van der Waals surface area contributed by atoms with Gasteiger partial charge in [-0.15, -0.1) is 0 Å². The van der Waals surface area contributed by atoms with Crippen LogP contribution in [-0.2, 0) is 24.8 Å². The van der Waals surface area contributed by atoms with E-state index in [4.69, 9.17) is 5.73 Å². The number of hydrogen-bond donors (Lipinski definition) is 3. The van der Waals surface area contributed by atoms with Gasteiger partial charge >= 0.3 is 0 Å². The second kappa shape index (κ2) is 6.02. The van der Waals surface area contributed by atoms with Crippen LogP contribution in [0.1, 0.15) is 50.0 Å². The van der Waals surface area contributed by atoms with Crippen LogP contribution < -0.4 is 11.1 Å². The van der Waals surface area contributed by atoms with Gasteiger partial charge in [0.15, 0.2) is 11.8 Å². The highest BCUT2D eigenvalue weighted by molar-refractivity contribution is 5.92. The van der Waals surface area contributed by atoms with Gasteiger partial charge in [0.2, 0.25) is 0 Å². The minimum absolute atomic E-state index is 0.0767. The monoisotopic (exact) mass is 312 g/mol. The summed E-state index contributed by atoms with van der Waals surface area (Å²) < 4.78 is 0. The van der Waals surface area contributed by atoms with Crippen molar-refractivity contribution in [1.29, 1.82) is 0 Å². The van der Waals surface area contributed by atoms with Crippen molar-refractivity contribution in [3.63, 3.8) is 0 Å². The van der Waals surface area contributed by atoms with Gasteiger partial charge in [-0.2, -0.15) is 5.10 Å². The Kier molecular flexibility index (Phi) is 4.07. The second-order valence-corrected chi connectivity index (χ2v) is 7.02. The van der Waals surface area contributed by atoms with Crippen molar-refractivity contribution < 1.29 is 0 Å². The Labute approximate surface area is 136 Å². The number of aromatic amines is 1. The number of nitrogens with zero attached hydrogens (tertiary/aromatic N) is 3. The molecular weight excluding hydrogens is 288 g/mol. The normalized spacial score (nSPS) is 14.8. The van der Waals surface area contributed by atoms with Gasteiger partial charge in [0.05, 0.1) is 0 Å². The Hall–Kier alpha value is -2.37. The third-order valence-electron chi connectivity index (χ3n) is 3.97. The van der Waals surface area contributed by atoms with Gasteiger partial charge in [0.25, 0.3) is 0 Å². The number of guanidine groups is 1. The highest BCUT2D eigenvalue weighted by Gasteiger charge is 2.19. The topological polar surface area (TPSA) is 92.0 Å². The number of aliphatic imine (C=N–C) groups is 1. The molecule has 1 aliphatic rings. The number of nitrogens with one attached hydrogen (secondary N) is 2. The fourth-order valence-electron chi connectivity index (χ4n) is 2.70. The molecule has 23 heavy (non-hydrogen) atoms. The predicted molar refractivity (Wildman–Crippen MR) is 92.5 cm³/mol. The summed E-state index contributed by atoms with van der Waals surface area (Å²) >= 11 is 0. The number of fused-ring (bicyclic) bond motifs is 1. The van der Waals surface area contributed by atoms with Crippen LogP contribution in [0.2, 0.25) is 0 Å². The van der Waals surface area contributed by atoms with Crippen molar-refractivity contribution in [3.8, 4) is 0 Å². The van der Waals surface area contributed by atoms with Gasteiger partial charge < -0.3 is 11.1 Å². The molecule has 122 valence electrons. The quantitative estimate of drug-likeness (QED) is 0.600. The van der Waals surface area contributed by atoms with Crippen molar-refractivity contribution in [2.45, 2.75) is 52.0 Å². The minimum atomic E-state index is -0.0767. The van der Waals surface area contributed by atoms with Crippen LogP contribution in [0, 0.1) is 0 Å². The van der Waals surface area contributed by atoms with Crippen molar-refractivity contribution in [2.24, 2.45) is 10.7 Å². The number of rotatable bonds is 3. The van der Waals surface area contributed by atoms with Crippen LogP contribution in [0.5, 0.6) is 0 Å². The lowest BCUT2D eigenvalue weighted by atomic mass is 9.96. The lowest BCUT2D eigenvalue weighted by Gasteiger charge is -2.11. The van der Waals surface area contributed by atoms with Gasteiger partial charge in [0, 0.05) is 11.1 Å². The first-order chi connectivity index (χ1) is 10.9. The van der Waals surface area contributed by atoms with Gasteiger partial charge in [-0.3, -0.25) is 5.10 Å². The number of anilines is 1. The standard InChI is InChI=1S/C17H24N6/c1-17(2,3)15-21-14(22-23-15)10-19-16(18)20-13-8-7-11-5-4-6-12(11)9-13/h7-9H,4-6,10H2,1-3H3,(H3,18,19,20)(H,21,22,23). The minimum Gasteiger partial charge on any atom is -0.370 e. The fourth-order valence-corrected chi connectivity index (χ4v) is 2.70. The zero-order valence-corrected chi connectivity index (χ0v) is 14.0. The molecule has 0 saturated carbocycles. The highest BCUT2D eigenvalue weighted by atomic mass is 15.2. The summed E-state index contributed by atoms with van der Waals surface area (Å²) in [5, 5.41) is 10.3. The predicted octanol–water partition coefficient (Wildman–Crippen LogP) is 2.52. The molecule has 1 aromatic carbocycles. The number of nitrogens with two attached hydrogens (primary N) is 1. The van der Waals surface area contributed by atoms with E-state index in [1.165, 1.54) is 24.0 Å². The van der Waals surface area contributed by atoms with Gasteiger partial charge in [-0.1, -0.05) is 26.8 Å². The fraction of sp³-hybridized carbons (Fsp3) is 0.471. The largest absolute Gasteiger partial charge is 0.370 e. The molecule has 0 saturated heterocycles. The number of hydrogen-bond acceptors (Lipinski definition) is 3. The average molecular weight is 312 g/mol. The van der Waals surface area contributed by atoms with Crippen molar-refractivity contribution in [1.82, 2.24) is 15.2 Å². The Bertz CT molecular complexity index is 723. The Morgan fingerprint density at radius 1 is 1.30 bits per heavy atom. The zero-order valence-electron chi connectivity index (χ0n) is 14.0. The van der Waals surface area contributed by atoms with E-state index in [9.17, 15) is 0 Å². The average Bonchev–Trinajstić information content (AvgIpc) is 3.13. The summed E-state index contributed by atoms with van der Waals surface area (Å²) in [5.74, 6) is 1.89. The first kappa shape index (κ1) is 15.5. The molecule has 0 unspecified atom stereocenters. The van der Waals surface area contributed by atoms with Crippen molar-refractivity contribution in [3.05, 3.63) is 41.0 Å². The molecule has 3 rings (SSSR count). The molecule has 0 amide bonds. The molecule has 2 aromatic rings. The van der Waals surface area contributed by atoms with E-state index >= 15 is 0 Å². The number of aryl methyl sites for hydroxylation is 2. The molecule has 0 radical (unpaired) electrons. The van der Waals surface area contributed by atoms with Crippen LogP contribution in [0.25, 0.3) is 0 Å². The van der Waals surface area contributed by atoms with Crippen LogP contribution in [0.3, 0.4) is 0 Å². The molecule has 4 N–H and O–H groups in total. The Morgan fingerprint density at radius 3 is 2.83 bits per heavy atom. The maximum Gasteiger partial charge on any atom is 0.193 e. The van der Waals surface area contributed by atoms with Crippen molar-refractivity contribution in [2.75, 3.05) is 5.32 Å². The van der Waals surface area contributed by atoms with E-state index in [1.807, 2.05) is 0 Å². The molecule has 6 heteroatoms. The SMILES string of the molecule is CC(C)(C)c1n[nH]c(CN=C(N)Nc2ccc3c(c2)CCC3)n1. The van der Waals surface area contributed by atoms with E-state index in [1.54, 1.807) is 0 Å². The Morgan fingerprint density at radius 2 is 2.09 bits per heavy atom. The lowest BCUT2D eigenvalue weighted by Crippen LogP contribution is -2.22. The lowest BCUT2D eigenvalue weighted by molar-refractivity contribution is 0.547. The summed E-state index contributed by atoms with van der Waals surface area (Å²) in [6.07, 6.45) is 3.57. The molecule has 0 spiro atoms. The van der Waals surface area contributed by atoms with E-state index in [2.05, 4.69) is 64.5 Å². The first-order valence-corrected chi connectivity index (χ1v) is 8.02. The molecular formula is C17H24N6.